The van der Waals surface area contributed by atoms with Gasteiger partial charge in [0.25, 0.3) is 0 Å². The summed E-state index contributed by atoms with van der Waals surface area (Å²) in [6.45, 7) is 1.68. The fraction of sp³-hybridized carbons (Fsp3) is 0.333. The number of hydrogen-bond acceptors (Lipinski definition) is 2. The van der Waals surface area contributed by atoms with Crippen molar-refractivity contribution in [1.29, 1.82) is 0 Å². The number of likely N-dealkylation sites (tertiary alicyclic amines) is 1. The fourth-order valence-corrected chi connectivity index (χ4v) is 2.52. The molecule has 5 nitrogen and oxygen atoms in total. The second-order valence-electron chi connectivity index (χ2n) is 5.03. The lowest BCUT2D eigenvalue weighted by Crippen LogP contribution is -2.32. The quantitative estimate of drug-likeness (QED) is 0.912. The van der Waals surface area contributed by atoms with Crippen LogP contribution < -0.4 is 5.32 Å². The normalized spacial score (nSPS) is 14.6. The molecule has 1 aromatic heterocycles. The van der Waals surface area contributed by atoms with Crippen LogP contribution in [0.15, 0.2) is 36.4 Å². The van der Waals surface area contributed by atoms with E-state index in [0.29, 0.717) is 5.82 Å². The molecule has 20 heavy (non-hydrogen) atoms. The Labute approximate surface area is 118 Å². The zero-order chi connectivity index (χ0) is 13.9. The molecule has 1 aliphatic heterocycles. The van der Waals surface area contributed by atoms with Crippen LogP contribution in [-0.2, 0) is 7.05 Å². The van der Waals surface area contributed by atoms with Crippen molar-refractivity contribution in [2.45, 2.75) is 12.8 Å². The third-order valence-electron chi connectivity index (χ3n) is 3.58. The van der Waals surface area contributed by atoms with Crippen molar-refractivity contribution in [3.63, 3.8) is 0 Å². The summed E-state index contributed by atoms with van der Waals surface area (Å²) in [4.78, 5) is 13.9. The molecule has 0 bridgehead atoms. The fourth-order valence-electron chi connectivity index (χ4n) is 2.52. The topological polar surface area (TPSA) is 50.2 Å². The number of aromatic nitrogens is 2. The molecule has 2 amide bonds. The first-order chi connectivity index (χ1) is 9.74. The van der Waals surface area contributed by atoms with Crippen molar-refractivity contribution >= 4 is 11.8 Å². The standard InChI is InChI=1S/C15H18N4O/c1-18-13(12-7-3-2-4-8-12)11-14(17-18)16-15(20)19-9-5-6-10-19/h2-4,7-8,11H,5-6,9-10H2,1H3,(H,16,17,20). The van der Waals surface area contributed by atoms with Gasteiger partial charge in [0.1, 0.15) is 0 Å². The minimum Gasteiger partial charge on any atom is -0.324 e. The summed E-state index contributed by atoms with van der Waals surface area (Å²) in [5.41, 5.74) is 2.08. The van der Waals surface area contributed by atoms with Crippen molar-refractivity contribution in [3.8, 4) is 11.3 Å². The largest absolute Gasteiger partial charge is 0.324 e. The van der Waals surface area contributed by atoms with Crippen LogP contribution in [0, 0.1) is 0 Å². The van der Waals surface area contributed by atoms with Crippen LogP contribution >= 0.6 is 0 Å². The molecule has 3 rings (SSSR count). The van der Waals surface area contributed by atoms with Crippen molar-refractivity contribution in [3.05, 3.63) is 36.4 Å². The third-order valence-corrected chi connectivity index (χ3v) is 3.58. The maximum absolute atomic E-state index is 12.0. The SMILES string of the molecule is Cn1nc(NC(=O)N2CCCC2)cc1-c1ccccc1. The van der Waals surface area contributed by atoms with E-state index in [1.165, 1.54) is 0 Å². The second-order valence-corrected chi connectivity index (χ2v) is 5.03. The van der Waals surface area contributed by atoms with Gasteiger partial charge < -0.3 is 4.90 Å². The number of hydrogen-bond donors (Lipinski definition) is 1. The molecule has 0 radical (unpaired) electrons. The molecular formula is C15H18N4O. The van der Waals surface area contributed by atoms with Crippen molar-refractivity contribution in [2.24, 2.45) is 7.05 Å². The summed E-state index contributed by atoms with van der Waals surface area (Å²) in [5.74, 6) is 0.600. The van der Waals surface area contributed by atoms with E-state index in [2.05, 4.69) is 10.4 Å². The lowest BCUT2D eigenvalue weighted by atomic mass is 10.1. The first kappa shape index (κ1) is 12.7. The van der Waals surface area contributed by atoms with Crippen LogP contribution in [0.4, 0.5) is 10.6 Å². The Kier molecular flexibility index (Phi) is 3.41. The molecule has 2 aromatic rings. The number of urea groups is 1. The predicted molar refractivity (Wildman–Crippen MR) is 78.5 cm³/mol. The number of nitrogens with one attached hydrogen (secondary N) is 1. The van der Waals surface area contributed by atoms with Gasteiger partial charge in [-0.2, -0.15) is 5.10 Å². The van der Waals surface area contributed by atoms with Gasteiger partial charge in [0.2, 0.25) is 0 Å². The summed E-state index contributed by atoms with van der Waals surface area (Å²) < 4.78 is 1.79. The molecule has 0 aliphatic carbocycles. The van der Waals surface area contributed by atoms with Crippen LogP contribution in [0.5, 0.6) is 0 Å². The van der Waals surface area contributed by atoms with Gasteiger partial charge in [0, 0.05) is 26.2 Å². The van der Waals surface area contributed by atoms with Gasteiger partial charge in [-0.05, 0) is 18.4 Å². The van der Waals surface area contributed by atoms with Crippen LogP contribution in [0.2, 0.25) is 0 Å². The summed E-state index contributed by atoms with van der Waals surface area (Å²) in [7, 11) is 1.88. The number of anilines is 1. The number of nitrogens with zero attached hydrogens (tertiary/aromatic N) is 3. The van der Waals surface area contributed by atoms with E-state index in [9.17, 15) is 4.79 Å². The Morgan fingerprint density at radius 3 is 2.60 bits per heavy atom. The zero-order valence-corrected chi connectivity index (χ0v) is 11.5. The van der Waals surface area contributed by atoms with Gasteiger partial charge in [-0.1, -0.05) is 30.3 Å². The third kappa shape index (κ3) is 2.52. The van der Waals surface area contributed by atoms with E-state index in [1.807, 2.05) is 48.3 Å². The van der Waals surface area contributed by atoms with Crippen molar-refractivity contribution < 1.29 is 4.79 Å². The number of carbonyl (C=O) groups is 1. The van der Waals surface area contributed by atoms with Crippen LogP contribution in [-0.4, -0.2) is 33.8 Å². The minimum absolute atomic E-state index is 0.0554. The predicted octanol–water partition coefficient (Wildman–Crippen LogP) is 2.71. The molecule has 1 saturated heterocycles. The molecule has 0 unspecified atom stereocenters. The molecule has 0 atom stereocenters. The molecule has 1 fully saturated rings. The number of rotatable bonds is 2. The van der Waals surface area contributed by atoms with E-state index in [4.69, 9.17) is 0 Å². The Hall–Kier alpha value is -2.30. The highest BCUT2D eigenvalue weighted by Gasteiger charge is 2.19. The van der Waals surface area contributed by atoms with E-state index >= 15 is 0 Å². The van der Waals surface area contributed by atoms with Crippen molar-refractivity contribution in [1.82, 2.24) is 14.7 Å². The summed E-state index contributed by atoms with van der Waals surface area (Å²) >= 11 is 0. The Morgan fingerprint density at radius 1 is 1.20 bits per heavy atom. The number of amides is 2. The lowest BCUT2D eigenvalue weighted by Gasteiger charge is -2.14. The second kappa shape index (κ2) is 5.36. The van der Waals surface area contributed by atoms with Crippen LogP contribution in [0.1, 0.15) is 12.8 Å². The molecule has 2 heterocycles. The zero-order valence-electron chi connectivity index (χ0n) is 11.5. The molecule has 0 spiro atoms. The highest BCUT2D eigenvalue weighted by Crippen LogP contribution is 2.22. The molecule has 0 saturated carbocycles. The molecule has 1 aliphatic rings. The van der Waals surface area contributed by atoms with Gasteiger partial charge >= 0.3 is 6.03 Å². The summed E-state index contributed by atoms with van der Waals surface area (Å²) in [6, 6.07) is 11.9. The molecule has 5 heteroatoms. The van der Waals surface area contributed by atoms with Gasteiger partial charge in [-0.15, -0.1) is 0 Å². The minimum atomic E-state index is -0.0554. The Morgan fingerprint density at radius 2 is 1.90 bits per heavy atom. The maximum Gasteiger partial charge on any atom is 0.323 e. The molecule has 104 valence electrons. The van der Waals surface area contributed by atoms with E-state index in [0.717, 1.165) is 37.2 Å². The van der Waals surface area contributed by atoms with Gasteiger partial charge in [0.15, 0.2) is 5.82 Å². The monoisotopic (exact) mass is 270 g/mol. The van der Waals surface area contributed by atoms with Crippen molar-refractivity contribution in [2.75, 3.05) is 18.4 Å². The highest BCUT2D eigenvalue weighted by atomic mass is 16.2. The summed E-state index contributed by atoms with van der Waals surface area (Å²) in [6.07, 6.45) is 2.18. The molecule has 1 N–H and O–H groups in total. The van der Waals surface area contributed by atoms with Gasteiger partial charge in [-0.3, -0.25) is 10.00 Å². The Balaban J connectivity index is 1.77. The van der Waals surface area contributed by atoms with Gasteiger partial charge in [0.05, 0.1) is 5.69 Å². The number of benzene rings is 1. The van der Waals surface area contributed by atoms with Crippen LogP contribution in [0.25, 0.3) is 11.3 Å². The first-order valence-corrected chi connectivity index (χ1v) is 6.89. The first-order valence-electron chi connectivity index (χ1n) is 6.89. The maximum atomic E-state index is 12.0. The summed E-state index contributed by atoms with van der Waals surface area (Å²) in [5, 5.41) is 7.23. The average Bonchev–Trinajstić information content (AvgIpc) is 3.09. The number of aryl methyl sites for hydroxylation is 1. The lowest BCUT2D eigenvalue weighted by molar-refractivity contribution is 0.222. The average molecular weight is 270 g/mol. The highest BCUT2D eigenvalue weighted by molar-refractivity contribution is 5.89. The number of carbonyl (C=O) groups excluding carboxylic acids is 1. The molecular weight excluding hydrogens is 252 g/mol. The molecule has 1 aromatic carbocycles. The smallest absolute Gasteiger partial charge is 0.323 e. The van der Waals surface area contributed by atoms with E-state index in [-0.39, 0.29) is 6.03 Å². The van der Waals surface area contributed by atoms with E-state index in [1.54, 1.807) is 4.68 Å². The van der Waals surface area contributed by atoms with Crippen LogP contribution in [0.3, 0.4) is 0 Å². The Bertz CT molecular complexity index is 600. The van der Waals surface area contributed by atoms with E-state index < -0.39 is 0 Å². The van der Waals surface area contributed by atoms with Gasteiger partial charge in [-0.25, -0.2) is 4.79 Å².